The Bertz CT molecular complexity index is 751. The molecule has 0 aliphatic heterocycles. The van der Waals surface area contributed by atoms with Gasteiger partial charge in [0.05, 0.1) is 6.10 Å². The molecule has 3 aromatic rings. The normalized spacial score (nSPS) is 12.5. The van der Waals surface area contributed by atoms with E-state index in [1.165, 1.54) is 10.9 Å². The average Bonchev–Trinajstić information content (AvgIpc) is 3.01. The van der Waals surface area contributed by atoms with Gasteiger partial charge in [0.1, 0.15) is 0 Å². The number of hydrogen-bond donors (Lipinski definition) is 4. The number of fused-ring (bicyclic) bond motifs is 1. The molecule has 3 rings (SSSR count). The SMILES string of the molecule is NCCC(O)c1cccc(NCc2ccc3cc[nH]c3c2)c1. The van der Waals surface area contributed by atoms with E-state index in [9.17, 15) is 5.11 Å². The molecule has 1 heterocycles. The van der Waals surface area contributed by atoms with E-state index in [1.807, 2.05) is 30.5 Å². The lowest BCUT2D eigenvalue weighted by molar-refractivity contribution is 0.170. The molecule has 4 nitrogen and oxygen atoms in total. The first-order valence-electron chi connectivity index (χ1n) is 7.54. The molecule has 1 atom stereocenters. The first-order chi connectivity index (χ1) is 10.8. The van der Waals surface area contributed by atoms with Crippen molar-refractivity contribution in [2.45, 2.75) is 19.1 Å². The van der Waals surface area contributed by atoms with E-state index in [4.69, 9.17) is 5.73 Å². The summed E-state index contributed by atoms with van der Waals surface area (Å²) < 4.78 is 0. The van der Waals surface area contributed by atoms with Gasteiger partial charge in [0.25, 0.3) is 0 Å². The average molecular weight is 295 g/mol. The highest BCUT2D eigenvalue weighted by atomic mass is 16.3. The van der Waals surface area contributed by atoms with E-state index in [0.29, 0.717) is 13.0 Å². The number of rotatable bonds is 6. The number of aliphatic hydroxyl groups is 1. The Balaban J connectivity index is 1.69. The topological polar surface area (TPSA) is 74.1 Å². The molecule has 4 heteroatoms. The Morgan fingerprint density at radius 3 is 2.91 bits per heavy atom. The van der Waals surface area contributed by atoms with Crippen molar-refractivity contribution in [1.29, 1.82) is 0 Å². The molecule has 0 fully saturated rings. The number of nitrogens with one attached hydrogen (secondary N) is 2. The fraction of sp³-hybridized carbons (Fsp3) is 0.222. The van der Waals surface area contributed by atoms with Gasteiger partial charge < -0.3 is 21.1 Å². The number of nitrogens with two attached hydrogens (primary N) is 1. The van der Waals surface area contributed by atoms with Crippen molar-refractivity contribution in [3.05, 3.63) is 65.9 Å². The van der Waals surface area contributed by atoms with E-state index >= 15 is 0 Å². The van der Waals surface area contributed by atoms with Gasteiger partial charge in [-0.25, -0.2) is 0 Å². The van der Waals surface area contributed by atoms with Crippen LogP contribution in [0, 0.1) is 0 Å². The molecular weight excluding hydrogens is 274 g/mol. The molecule has 0 saturated carbocycles. The van der Waals surface area contributed by atoms with Gasteiger partial charge >= 0.3 is 0 Å². The minimum atomic E-state index is -0.498. The monoisotopic (exact) mass is 295 g/mol. The van der Waals surface area contributed by atoms with E-state index in [-0.39, 0.29) is 0 Å². The number of H-pyrrole nitrogens is 1. The van der Waals surface area contributed by atoms with E-state index < -0.39 is 6.10 Å². The molecule has 1 aromatic heterocycles. The summed E-state index contributed by atoms with van der Waals surface area (Å²) in [4.78, 5) is 3.22. The van der Waals surface area contributed by atoms with Crippen molar-refractivity contribution in [3.8, 4) is 0 Å². The Labute approximate surface area is 130 Å². The van der Waals surface area contributed by atoms with Crippen LogP contribution in [0.1, 0.15) is 23.7 Å². The number of anilines is 1. The smallest absolute Gasteiger partial charge is 0.0802 e. The molecule has 2 aromatic carbocycles. The van der Waals surface area contributed by atoms with E-state index in [2.05, 4.69) is 34.6 Å². The van der Waals surface area contributed by atoms with Gasteiger partial charge in [-0.1, -0.05) is 24.3 Å². The summed E-state index contributed by atoms with van der Waals surface area (Å²) in [7, 11) is 0. The number of benzene rings is 2. The third-order valence-corrected chi connectivity index (χ3v) is 3.83. The van der Waals surface area contributed by atoms with Crippen molar-refractivity contribution in [3.63, 3.8) is 0 Å². The lowest BCUT2D eigenvalue weighted by Crippen LogP contribution is -2.07. The zero-order valence-corrected chi connectivity index (χ0v) is 12.4. The molecule has 5 N–H and O–H groups in total. The second kappa shape index (κ2) is 6.64. The standard InChI is InChI=1S/C18H21N3O/c19-8-6-18(22)15-2-1-3-16(11-15)21-12-13-4-5-14-7-9-20-17(14)10-13/h1-5,7,9-11,18,20-22H,6,8,12,19H2. The Kier molecular flexibility index (Phi) is 4.42. The molecule has 0 saturated heterocycles. The van der Waals surface area contributed by atoms with Crippen molar-refractivity contribution < 1.29 is 5.11 Å². The molecule has 22 heavy (non-hydrogen) atoms. The van der Waals surface area contributed by atoms with Crippen LogP contribution >= 0.6 is 0 Å². The summed E-state index contributed by atoms with van der Waals surface area (Å²) >= 11 is 0. The van der Waals surface area contributed by atoms with Crippen LogP contribution in [0.2, 0.25) is 0 Å². The largest absolute Gasteiger partial charge is 0.388 e. The fourth-order valence-electron chi connectivity index (χ4n) is 2.59. The number of hydrogen-bond acceptors (Lipinski definition) is 3. The zero-order chi connectivity index (χ0) is 15.4. The second-order valence-corrected chi connectivity index (χ2v) is 5.47. The lowest BCUT2D eigenvalue weighted by atomic mass is 10.1. The molecule has 1 unspecified atom stereocenters. The fourth-order valence-corrected chi connectivity index (χ4v) is 2.59. The maximum Gasteiger partial charge on any atom is 0.0802 e. The van der Waals surface area contributed by atoms with Crippen LogP contribution in [0.15, 0.2) is 54.7 Å². The van der Waals surface area contributed by atoms with Gasteiger partial charge in [-0.2, -0.15) is 0 Å². The van der Waals surface area contributed by atoms with Crippen LogP contribution in [-0.2, 0) is 6.54 Å². The summed E-state index contributed by atoms with van der Waals surface area (Å²) in [6, 6.07) is 16.3. The summed E-state index contributed by atoms with van der Waals surface area (Å²) in [6.07, 6.45) is 2.03. The summed E-state index contributed by atoms with van der Waals surface area (Å²) in [5, 5.41) is 14.6. The maximum absolute atomic E-state index is 10.0. The zero-order valence-electron chi connectivity index (χ0n) is 12.4. The molecule has 0 aliphatic carbocycles. The van der Waals surface area contributed by atoms with Gasteiger partial charge in [-0.3, -0.25) is 0 Å². The van der Waals surface area contributed by atoms with Gasteiger partial charge in [0, 0.05) is 23.9 Å². The van der Waals surface area contributed by atoms with Gasteiger partial charge in [-0.05, 0) is 53.7 Å². The second-order valence-electron chi connectivity index (χ2n) is 5.47. The van der Waals surface area contributed by atoms with Crippen LogP contribution in [0.25, 0.3) is 10.9 Å². The molecule has 114 valence electrons. The number of aromatic nitrogens is 1. The Hall–Kier alpha value is -2.30. The van der Waals surface area contributed by atoms with E-state index in [0.717, 1.165) is 23.3 Å². The van der Waals surface area contributed by atoms with E-state index in [1.54, 1.807) is 0 Å². The molecule has 0 spiro atoms. The Morgan fingerprint density at radius 2 is 2.05 bits per heavy atom. The first-order valence-corrected chi connectivity index (χ1v) is 7.54. The lowest BCUT2D eigenvalue weighted by Gasteiger charge is -2.12. The molecule has 0 bridgehead atoms. The number of aliphatic hydroxyl groups excluding tert-OH is 1. The highest BCUT2D eigenvalue weighted by Crippen LogP contribution is 2.21. The summed E-state index contributed by atoms with van der Waals surface area (Å²) in [5.41, 5.74) is 9.75. The van der Waals surface area contributed by atoms with Gasteiger partial charge in [-0.15, -0.1) is 0 Å². The minimum Gasteiger partial charge on any atom is -0.388 e. The van der Waals surface area contributed by atoms with Crippen molar-refractivity contribution in [2.75, 3.05) is 11.9 Å². The predicted molar refractivity (Wildman–Crippen MR) is 90.7 cm³/mol. The van der Waals surface area contributed by atoms with Crippen LogP contribution < -0.4 is 11.1 Å². The van der Waals surface area contributed by atoms with Gasteiger partial charge in [0.15, 0.2) is 0 Å². The van der Waals surface area contributed by atoms with Gasteiger partial charge in [0.2, 0.25) is 0 Å². The molecule has 0 aliphatic rings. The van der Waals surface area contributed by atoms with Crippen LogP contribution in [0.4, 0.5) is 5.69 Å². The minimum absolute atomic E-state index is 0.481. The third kappa shape index (κ3) is 3.30. The van der Waals surface area contributed by atoms with Crippen molar-refractivity contribution in [2.24, 2.45) is 5.73 Å². The van der Waals surface area contributed by atoms with Crippen LogP contribution in [0.5, 0.6) is 0 Å². The van der Waals surface area contributed by atoms with Crippen LogP contribution in [0.3, 0.4) is 0 Å². The summed E-state index contributed by atoms with van der Waals surface area (Å²) in [5.74, 6) is 0. The predicted octanol–water partition coefficient (Wildman–Crippen LogP) is 3.16. The summed E-state index contributed by atoms with van der Waals surface area (Å²) in [6.45, 7) is 1.22. The Morgan fingerprint density at radius 1 is 1.14 bits per heavy atom. The van der Waals surface area contributed by atoms with Crippen molar-refractivity contribution in [1.82, 2.24) is 4.98 Å². The molecular formula is C18H21N3O. The highest BCUT2D eigenvalue weighted by molar-refractivity contribution is 5.79. The third-order valence-electron chi connectivity index (χ3n) is 3.83. The quantitative estimate of drug-likeness (QED) is 0.564. The van der Waals surface area contributed by atoms with Crippen molar-refractivity contribution >= 4 is 16.6 Å². The number of aromatic amines is 1. The van der Waals surface area contributed by atoms with Crippen LogP contribution in [-0.4, -0.2) is 16.6 Å². The highest BCUT2D eigenvalue weighted by Gasteiger charge is 2.06. The molecule has 0 radical (unpaired) electrons. The molecule has 0 amide bonds. The first kappa shape index (κ1) is 14.6. The maximum atomic E-state index is 10.0.